The first kappa shape index (κ1) is 13.5. The van der Waals surface area contributed by atoms with E-state index in [1.165, 1.54) is 0 Å². The summed E-state index contributed by atoms with van der Waals surface area (Å²) in [5, 5.41) is 13.1. The molecule has 0 saturated heterocycles. The van der Waals surface area contributed by atoms with E-state index in [0.717, 1.165) is 28.8 Å². The smallest absolute Gasteiger partial charge is 0.123 e. The van der Waals surface area contributed by atoms with Crippen LogP contribution in [0.4, 0.5) is 0 Å². The topological polar surface area (TPSA) is 41.5 Å². The van der Waals surface area contributed by atoms with Gasteiger partial charge in [0.05, 0.1) is 6.61 Å². The van der Waals surface area contributed by atoms with E-state index in [1.54, 1.807) is 0 Å². The number of phenols is 1. The highest BCUT2D eigenvalue weighted by Crippen LogP contribution is 2.26. The maximum atomic E-state index is 9.83. The Labute approximate surface area is 105 Å². The molecule has 0 aliphatic heterocycles. The number of nitrogens with one attached hydrogen (secondary N) is 1. The Morgan fingerprint density at radius 1 is 1.44 bits per heavy atom. The highest BCUT2D eigenvalue weighted by molar-refractivity contribution is 9.10. The summed E-state index contributed by atoms with van der Waals surface area (Å²) >= 11 is 3.42. The number of halogens is 1. The molecule has 4 heteroatoms. The van der Waals surface area contributed by atoms with Gasteiger partial charge in [-0.1, -0.05) is 15.9 Å². The maximum Gasteiger partial charge on any atom is 0.123 e. The van der Waals surface area contributed by atoms with Gasteiger partial charge in [0, 0.05) is 29.7 Å². The summed E-state index contributed by atoms with van der Waals surface area (Å²) in [5.74, 6) is 0.368. The van der Waals surface area contributed by atoms with Crippen molar-refractivity contribution in [3.05, 3.63) is 27.7 Å². The van der Waals surface area contributed by atoms with Gasteiger partial charge in [-0.2, -0.15) is 0 Å². The first-order valence-electron chi connectivity index (χ1n) is 5.41. The average Bonchev–Trinajstić information content (AvgIpc) is 2.24. The molecule has 0 aliphatic carbocycles. The molecule has 1 aromatic rings. The van der Waals surface area contributed by atoms with Crippen LogP contribution in [0.3, 0.4) is 0 Å². The van der Waals surface area contributed by atoms with Crippen molar-refractivity contribution in [2.75, 3.05) is 19.8 Å². The predicted octanol–water partition coefficient (Wildman–Crippen LogP) is 2.59. The van der Waals surface area contributed by atoms with Crippen molar-refractivity contribution in [3.8, 4) is 5.75 Å². The fourth-order valence-electron chi connectivity index (χ4n) is 1.45. The Kier molecular flexibility index (Phi) is 5.80. The molecule has 1 aromatic carbocycles. The molecule has 0 saturated carbocycles. The normalized spacial score (nSPS) is 10.7. The number of aryl methyl sites for hydroxylation is 1. The number of ether oxygens (including phenoxy) is 1. The molecule has 0 amide bonds. The van der Waals surface area contributed by atoms with Crippen LogP contribution in [0, 0.1) is 6.92 Å². The highest BCUT2D eigenvalue weighted by atomic mass is 79.9. The second kappa shape index (κ2) is 6.89. The SMILES string of the molecule is CCOCCNCc1cc(Br)cc(C)c1O. The van der Waals surface area contributed by atoms with E-state index in [1.807, 2.05) is 26.0 Å². The molecule has 0 radical (unpaired) electrons. The Bertz CT molecular complexity index is 342. The predicted molar refractivity (Wildman–Crippen MR) is 68.7 cm³/mol. The summed E-state index contributed by atoms with van der Waals surface area (Å²) in [4.78, 5) is 0. The van der Waals surface area contributed by atoms with Crippen LogP contribution in [0.15, 0.2) is 16.6 Å². The molecule has 0 bridgehead atoms. The zero-order valence-electron chi connectivity index (χ0n) is 9.72. The van der Waals surface area contributed by atoms with Crippen LogP contribution >= 0.6 is 15.9 Å². The van der Waals surface area contributed by atoms with Gasteiger partial charge in [0.2, 0.25) is 0 Å². The van der Waals surface area contributed by atoms with Gasteiger partial charge >= 0.3 is 0 Å². The third kappa shape index (κ3) is 4.12. The average molecular weight is 288 g/mol. The van der Waals surface area contributed by atoms with Gasteiger partial charge in [-0.25, -0.2) is 0 Å². The van der Waals surface area contributed by atoms with E-state index in [4.69, 9.17) is 4.74 Å². The lowest BCUT2D eigenvalue weighted by Gasteiger charge is -2.09. The fraction of sp³-hybridized carbons (Fsp3) is 0.500. The van der Waals surface area contributed by atoms with E-state index >= 15 is 0 Å². The van der Waals surface area contributed by atoms with Gasteiger partial charge in [0.25, 0.3) is 0 Å². The van der Waals surface area contributed by atoms with Gasteiger partial charge in [0.15, 0.2) is 0 Å². The third-order valence-corrected chi connectivity index (χ3v) is 2.74. The van der Waals surface area contributed by atoms with Crippen LogP contribution < -0.4 is 5.32 Å². The van der Waals surface area contributed by atoms with Crippen molar-refractivity contribution in [2.24, 2.45) is 0 Å². The van der Waals surface area contributed by atoms with E-state index in [-0.39, 0.29) is 0 Å². The summed E-state index contributed by atoms with van der Waals surface area (Å²) in [6.45, 7) is 6.75. The number of hydrogen-bond acceptors (Lipinski definition) is 3. The summed E-state index contributed by atoms with van der Waals surface area (Å²) in [6, 6.07) is 3.83. The van der Waals surface area contributed by atoms with Gasteiger partial charge in [-0.05, 0) is 31.5 Å². The molecule has 0 fully saturated rings. The van der Waals surface area contributed by atoms with Crippen molar-refractivity contribution in [3.63, 3.8) is 0 Å². The zero-order valence-corrected chi connectivity index (χ0v) is 11.3. The molecular formula is C12H18BrNO2. The summed E-state index contributed by atoms with van der Waals surface area (Å²) < 4.78 is 6.21. The minimum atomic E-state index is 0.368. The van der Waals surface area contributed by atoms with E-state index in [2.05, 4.69) is 21.2 Å². The zero-order chi connectivity index (χ0) is 12.0. The summed E-state index contributed by atoms with van der Waals surface area (Å²) in [7, 11) is 0. The first-order chi connectivity index (χ1) is 7.65. The van der Waals surface area contributed by atoms with Crippen molar-refractivity contribution >= 4 is 15.9 Å². The molecule has 0 unspecified atom stereocenters. The van der Waals surface area contributed by atoms with Gasteiger partial charge < -0.3 is 15.2 Å². The number of aromatic hydroxyl groups is 1. The van der Waals surface area contributed by atoms with E-state index in [0.29, 0.717) is 18.9 Å². The largest absolute Gasteiger partial charge is 0.507 e. The Balaban J connectivity index is 2.47. The molecule has 1 rings (SSSR count). The van der Waals surface area contributed by atoms with E-state index in [9.17, 15) is 5.11 Å². The number of rotatable bonds is 6. The molecule has 0 aromatic heterocycles. The molecule has 0 aliphatic rings. The number of benzene rings is 1. The minimum Gasteiger partial charge on any atom is -0.507 e. The Morgan fingerprint density at radius 3 is 2.88 bits per heavy atom. The lowest BCUT2D eigenvalue weighted by atomic mass is 10.1. The highest BCUT2D eigenvalue weighted by Gasteiger charge is 2.05. The molecule has 0 heterocycles. The maximum absolute atomic E-state index is 9.83. The Hall–Kier alpha value is -0.580. The van der Waals surface area contributed by atoms with Crippen LogP contribution in [-0.4, -0.2) is 24.9 Å². The van der Waals surface area contributed by atoms with Crippen LogP contribution in [0.5, 0.6) is 5.75 Å². The second-order valence-electron chi connectivity index (χ2n) is 3.60. The lowest BCUT2D eigenvalue weighted by Crippen LogP contribution is -2.19. The molecule has 90 valence electrons. The molecule has 0 atom stereocenters. The molecule has 2 N–H and O–H groups in total. The fourth-order valence-corrected chi connectivity index (χ4v) is 2.07. The lowest BCUT2D eigenvalue weighted by molar-refractivity contribution is 0.149. The molecule has 3 nitrogen and oxygen atoms in total. The number of hydrogen-bond donors (Lipinski definition) is 2. The van der Waals surface area contributed by atoms with Gasteiger partial charge in [0.1, 0.15) is 5.75 Å². The quantitative estimate of drug-likeness (QED) is 0.791. The van der Waals surface area contributed by atoms with Crippen molar-refractivity contribution < 1.29 is 9.84 Å². The van der Waals surface area contributed by atoms with Crippen molar-refractivity contribution in [1.82, 2.24) is 5.32 Å². The van der Waals surface area contributed by atoms with Crippen LogP contribution in [0.1, 0.15) is 18.1 Å². The molecule has 0 spiro atoms. The van der Waals surface area contributed by atoms with Gasteiger partial charge in [-0.3, -0.25) is 0 Å². The monoisotopic (exact) mass is 287 g/mol. The summed E-state index contributed by atoms with van der Waals surface area (Å²) in [6.07, 6.45) is 0. The van der Waals surface area contributed by atoms with Crippen molar-refractivity contribution in [2.45, 2.75) is 20.4 Å². The second-order valence-corrected chi connectivity index (χ2v) is 4.52. The minimum absolute atomic E-state index is 0.368. The first-order valence-corrected chi connectivity index (χ1v) is 6.21. The molecular weight excluding hydrogens is 270 g/mol. The van der Waals surface area contributed by atoms with Crippen molar-refractivity contribution in [1.29, 1.82) is 0 Å². The standard InChI is InChI=1S/C12H18BrNO2/c1-3-16-5-4-14-8-10-7-11(13)6-9(2)12(10)15/h6-7,14-15H,3-5,8H2,1-2H3. The van der Waals surface area contributed by atoms with E-state index < -0.39 is 0 Å². The number of phenolic OH excluding ortho intramolecular Hbond substituents is 1. The Morgan fingerprint density at radius 2 is 2.19 bits per heavy atom. The van der Waals surface area contributed by atoms with Crippen LogP contribution in [0.2, 0.25) is 0 Å². The summed E-state index contributed by atoms with van der Waals surface area (Å²) in [5.41, 5.74) is 1.79. The van der Waals surface area contributed by atoms with Crippen LogP contribution in [-0.2, 0) is 11.3 Å². The third-order valence-electron chi connectivity index (χ3n) is 2.29. The van der Waals surface area contributed by atoms with Gasteiger partial charge in [-0.15, -0.1) is 0 Å². The molecule has 16 heavy (non-hydrogen) atoms. The van der Waals surface area contributed by atoms with Crippen LogP contribution in [0.25, 0.3) is 0 Å².